The van der Waals surface area contributed by atoms with Crippen LogP contribution in [-0.2, 0) is 11.2 Å². The molecule has 0 radical (unpaired) electrons. The molecule has 0 saturated carbocycles. The lowest BCUT2D eigenvalue weighted by atomic mass is 10.0. The van der Waals surface area contributed by atoms with Crippen molar-refractivity contribution < 1.29 is 4.79 Å². The highest BCUT2D eigenvalue weighted by Crippen LogP contribution is 2.23. The maximum Gasteiger partial charge on any atom is 0.134 e. The van der Waals surface area contributed by atoms with Crippen LogP contribution in [0, 0.1) is 13.8 Å². The van der Waals surface area contributed by atoms with Crippen LogP contribution in [-0.4, -0.2) is 10.8 Å². The number of rotatable bonds is 2. The van der Waals surface area contributed by atoms with Crippen LogP contribution in [0.2, 0.25) is 0 Å². The molecule has 0 unspecified atom stereocenters. The summed E-state index contributed by atoms with van der Waals surface area (Å²) in [5.41, 5.74) is 4.60. The topological polar surface area (TPSA) is 32.9 Å². The molecular weight excluding hydrogens is 186 g/mol. The number of benzene rings is 1. The number of aryl methyl sites for hydroxylation is 2. The molecule has 2 aromatic rings. The van der Waals surface area contributed by atoms with E-state index in [1.165, 1.54) is 10.9 Å². The Balaban J connectivity index is 2.63. The zero-order valence-corrected chi connectivity index (χ0v) is 9.35. The SMILES string of the molecule is CC(=O)Cc1c(C)[nH]c2cc(C)ccc12. The smallest absolute Gasteiger partial charge is 0.134 e. The summed E-state index contributed by atoms with van der Waals surface area (Å²) in [7, 11) is 0. The van der Waals surface area contributed by atoms with E-state index in [0.29, 0.717) is 6.42 Å². The normalized spacial score (nSPS) is 10.9. The molecule has 1 N–H and O–H groups in total. The number of aromatic nitrogens is 1. The van der Waals surface area contributed by atoms with Gasteiger partial charge in [0.1, 0.15) is 5.78 Å². The Kier molecular flexibility index (Phi) is 2.35. The minimum absolute atomic E-state index is 0.208. The third-order valence-corrected chi connectivity index (χ3v) is 2.70. The van der Waals surface area contributed by atoms with Crippen LogP contribution in [0.25, 0.3) is 10.9 Å². The first-order valence-corrected chi connectivity index (χ1v) is 5.15. The molecule has 0 aliphatic heterocycles. The number of carbonyl (C=O) groups is 1. The second kappa shape index (κ2) is 3.54. The molecule has 15 heavy (non-hydrogen) atoms. The highest BCUT2D eigenvalue weighted by molar-refractivity contribution is 5.90. The Bertz CT molecular complexity index is 523. The van der Waals surface area contributed by atoms with Crippen molar-refractivity contribution in [1.82, 2.24) is 4.98 Å². The van der Waals surface area contributed by atoms with Gasteiger partial charge in [0.15, 0.2) is 0 Å². The van der Waals surface area contributed by atoms with Gasteiger partial charge in [-0.15, -0.1) is 0 Å². The van der Waals surface area contributed by atoms with E-state index in [-0.39, 0.29) is 5.78 Å². The van der Waals surface area contributed by atoms with Crippen LogP contribution in [0.3, 0.4) is 0 Å². The summed E-state index contributed by atoms with van der Waals surface area (Å²) in [4.78, 5) is 14.5. The summed E-state index contributed by atoms with van der Waals surface area (Å²) >= 11 is 0. The molecule has 1 aromatic heterocycles. The summed E-state index contributed by atoms with van der Waals surface area (Å²) in [6.07, 6.45) is 0.523. The van der Waals surface area contributed by atoms with Gasteiger partial charge < -0.3 is 4.98 Å². The monoisotopic (exact) mass is 201 g/mol. The van der Waals surface area contributed by atoms with Crippen molar-refractivity contribution in [3.05, 3.63) is 35.0 Å². The summed E-state index contributed by atoms with van der Waals surface area (Å²) in [6.45, 7) is 5.72. The van der Waals surface area contributed by atoms with Crippen LogP contribution in [0.1, 0.15) is 23.7 Å². The van der Waals surface area contributed by atoms with Gasteiger partial charge in [0.25, 0.3) is 0 Å². The minimum Gasteiger partial charge on any atom is -0.358 e. The van der Waals surface area contributed by atoms with Gasteiger partial charge in [-0.25, -0.2) is 0 Å². The second-order valence-corrected chi connectivity index (χ2v) is 4.16. The van der Waals surface area contributed by atoms with Crippen LogP contribution in [0.5, 0.6) is 0 Å². The molecule has 0 atom stereocenters. The van der Waals surface area contributed by atoms with Gasteiger partial charge in [-0.2, -0.15) is 0 Å². The van der Waals surface area contributed by atoms with Crippen molar-refractivity contribution in [1.29, 1.82) is 0 Å². The summed E-state index contributed by atoms with van der Waals surface area (Å²) in [5, 5.41) is 1.17. The molecule has 0 saturated heterocycles. The Morgan fingerprint density at radius 2 is 2.07 bits per heavy atom. The van der Waals surface area contributed by atoms with Gasteiger partial charge in [-0.3, -0.25) is 4.79 Å². The van der Waals surface area contributed by atoms with Gasteiger partial charge in [-0.1, -0.05) is 12.1 Å². The van der Waals surface area contributed by atoms with Crippen LogP contribution >= 0.6 is 0 Å². The van der Waals surface area contributed by atoms with Crippen LogP contribution in [0.4, 0.5) is 0 Å². The fraction of sp³-hybridized carbons (Fsp3) is 0.308. The van der Waals surface area contributed by atoms with Gasteiger partial charge in [0, 0.05) is 23.0 Å². The van der Waals surface area contributed by atoms with E-state index in [9.17, 15) is 4.79 Å². The van der Waals surface area contributed by atoms with E-state index in [1.807, 2.05) is 6.92 Å². The van der Waals surface area contributed by atoms with E-state index in [4.69, 9.17) is 0 Å². The fourth-order valence-corrected chi connectivity index (χ4v) is 1.98. The summed E-state index contributed by atoms with van der Waals surface area (Å²) in [6, 6.07) is 6.29. The number of aromatic amines is 1. The lowest BCUT2D eigenvalue weighted by Crippen LogP contribution is -1.96. The molecule has 0 bridgehead atoms. The predicted molar refractivity (Wildman–Crippen MR) is 62.2 cm³/mol. The summed E-state index contributed by atoms with van der Waals surface area (Å²) < 4.78 is 0. The molecule has 2 rings (SSSR count). The van der Waals surface area contributed by atoms with E-state index >= 15 is 0 Å². The minimum atomic E-state index is 0.208. The number of carbonyl (C=O) groups excluding carboxylic acids is 1. The van der Waals surface area contributed by atoms with E-state index in [1.54, 1.807) is 6.92 Å². The maximum atomic E-state index is 11.2. The van der Waals surface area contributed by atoms with Crippen molar-refractivity contribution in [2.45, 2.75) is 27.2 Å². The first-order chi connectivity index (χ1) is 7.08. The Morgan fingerprint density at radius 3 is 2.73 bits per heavy atom. The Labute approximate surface area is 89.3 Å². The van der Waals surface area contributed by atoms with Crippen molar-refractivity contribution in [3.63, 3.8) is 0 Å². The van der Waals surface area contributed by atoms with E-state index in [0.717, 1.165) is 16.8 Å². The number of hydrogen-bond acceptors (Lipinski definition) is 1. The highest BCUT2D eigenvalue weighted by atomic mass is 16.1. The number of hydrogen-bond donors (Lipinski definition) is 1. The maximum absolute atomic E-state index is 11.2. The molecule has 0 aliphatic rings. The van der Waals surface area contributed by atoms with Gasteiger partial charge in [0.05, 0.1) is 0 Å². The molecule has 0 fully saturated rings. The number of fused-ring (bicyclic) bond motifs is 1. The number of H-pyrrole nitrogens is 1. The van der Waals surface area contributed by atoms with Gasteiger partial charge in [-0.05, 0) is 38.0 Å². The zero-order valence-electron chi connectivity index (χ0n) is 9.35. The van der Waals surface area contributed by atoms with Crippen molar-refractivity contribution in [3.8, 4) is 0 Å². The molecule has 1 aromatic carbocycles. The second-order valence-electron chi connectivity index (χ2n) is 4.16. The van der Waals surface area contributed by atoms with E-state index in [2.05, 4.69) is 30.1 Å². The fourth-order valence-electron chi connectivity index (χ4n) is 1.98. The average Bonchev–Trinajstić information content (AvgIpc) is 2.41. The third kappa shape index (κ3) is 1.80. The van der Waals surface area contributed by atoms with Crippen molar-refractivity contribution in [2.75, 3.05) is 0 Å². The number of ketones is 1. The molecule has 1 heterocycles. The van der Waals surface area contributed by atoms with E-state index < -0.39 is 0 Å². The molecule has 0 aliphatic carbocycles. The van der Waals surface area contributed by atoms with Crippen LogP contribution in [0.15, 0.2) is 18.2 Å². The standard InChI is InChI=1S/C13H15NO/c1-8-4-5-11-12(7-9(2)15)10(3)14-13(11)6-8/h4-6,14H,7H2,1-3H3. The van der Waals surface area contributed by atoms with Crippen LogP contribution < -0.4 is 0 Å². The molecule has 0 spiro atoms. The number of Topliss-reactive ketones (excluding diaryl/α,β-unsaturated/α-hetero) is 1. The molecule has 78 valence electrons. The largest absolute Gasteiger partial charge is 0.358 e. The Morgan fingerprint density at radius 1 is 1.33 bits per heavy atom. The first kappa shape index (κ1) is 9.97. The lowest BCUT2D eigenvalue weighted by molar-refractivity contribution is -0.116. The molecule has 0 amide bonds. The van der Waals surface area contributed by atoms with Gasteiger partial charge in [0.2, 0.25) is 0 Å². The van der Waals surface area contributed by atoms with Crippen molar-refractivity contribution >= 4 is 16.7 Å². The molecule has 2 heteroatoms. The highest BCUT2D eigenvalue weighted by Gasteiger charge is 2.09. The lowest BCUT2D eigenvalue weighted by Gasteiger charge is -1.97. The summed E-state index contributed by atoms with van der Waals surface area (Å²) in [5.74, 6) is 0.208. The zero-order chi connectivity index (χ0) is 11.0. The first-order valence-electron chi connectivity index (χ1n) is 5.15. The third-order valence-electron chi connectivity index (χ3n) is 2.70. The number of nitrogens with one attached hydrogen (secondary N) is 1. The predicted octanol–water partition coefficient (Wildman–Crippen LogP) is 2.92. The van der Waals surface area contributed by atoms with Gasteiger partial charge >= 0.3 is 0 Å². The molecule has 2 nitrogen and oxygen atoms in total. The molecular formula is C13H15NO. The Hall–Kier alpha value is -1.57. The van der Waals surface area contributed by atoms with Crippen molar-refractivity contribution in [2.24, 2.45) is 0 Å². The average molecular weight is 201 g/mol. The quantitative estimate of drug-likeness (QED) is 0.796.